The van der Waals surface area contributed by atoms with Crippen molar-refractivity contribution in [3.8, 4) is 0 Å². The van der Waals surface area contributed by atoms with E-state index in [-0.39, 0.29) is 11.7 Å². The van der Waals surface area contributed by atoms with Gasteiger partial charge in [-0.05, 0) is 61.0 Å². The van der Waals surface area contributed by atoms with Crippen molar-refractivity contribution in [2.45, 2.75) is 20.3 Å². The van der Waals surface area contributed by atoms with Crippen LogP contribution in [0.1, 0.15) is 26.5 Å². The largest absolute Gasteiger partial charge is 0.356 e. The second-order valence-electron chi connectivity index (χ2n) is 6.64. The minimum absolute atomic E-state index is 0.104. The fraction of sp³-hybridized carbons (Fsp3) is 0.190. The van der Waals surface area contributed by atoms with Crippen molar-refractivity contribution >= 4 is 49.8 Å². The van der Waals surface area contributed by atoms with E-state index >= 15 is 0 Å². The fourth-order valence-corrected chi connectivity index (χ4v) is 4.72. The zero-order chi connectivity index (χ0) is 19.1. The molecule has 0 bridgehead atoms. The summed E-state index contributed by atoms with van der Waals surface area (Å²) >= 11 is 7.44. The third-order valence-corrected chi connectivity index (χ3v) is 6.13. The summed E-state index contributed by atoms with van der Waals surface area (Å²) in [5, 5.41) is 5.55. The van der Waals surface area contributed by atoms with Gasteiger partial charge in [-0.1, -0.05) is 23.7 Å². The standard InChI is InChI=1S/C21H18ClFN2OS/c1-11-3-6-16(23)20-19(11)15(12(2)25-20)7-8-24-21(26)18-9-13-4-5-14(22)10-17(13)27-18/h3-6,9-10,25H,7-8H2,1-2H3,(H,24,26). The van der Waals surface area contributed by atoms with E-state index in [9.17, 15) is 9.18 Å². The van der Waals surface area contributed by atoms with Crippen LogP contribution in [0.4, 0.5) is 4.39 Å². The van der Waals surface area contributed by atoms with Crippen LogP contribution in [0.2, 0.25) is 5.02 Å². The summed E-state index contributed by atoms with van der Waals surface area (Å²) in [7, 11) is 0. The Bertz CT molecular complexity index is 1180. The molecule has 4 rings (SSSR count). The predicted molar refractivity (Wildman–Crippen MR) is 111 cm³/mol. The summed E-state index contributed by atoms with van der Waals surface area (Å²) in [5.74, 6) is -0.356. The van der Waals surface area contributed by atoms with E-state index in [0.717, 1.165) is 32.3 Å². The molecule has 2 aromatic heterocycles. The van der Waals surface area contributed by atoms with E-state index in [1.54, 1.807) is 6.07 Å². The van der Waals surface area contributed by atoms with E-state index in [2.05, 4.69) is 10.3 Å². The Labute approximate surface area is 165 Å². The number of nitrogens with one attached hydrogen (secondary N) is 2. The molecule has 27 heavy (non-hydrogen) atoms. The predicted octanol–water partition coefficient (Wildman–Crippen LogP) is 5.76. The highest BCUT2D eigenvalue weighted by molar-refractivity contribution is 7.20. The van der Waals surface area contributed by atoms with Crippen molar-refractivity contribution in [1.82, 2.24) is 10.3 Å². The molecule has 0 atom stereocenters. The monoisotopic (exact) mass is 400 g/mol. The van der Waals surface area contributed by atoms with Crippen LogP contribution in [0.3, 0.4) is 0 Å². The summed E-state index contributed by atoms with van der Waals surface area (Å²) in [5.41, 5.74) is 3.54. The Kier molecular flexibility index (Phi) is 4.66. The molecule has 0 aliphatic rings. The van der Waals surface area contributed by atoms with Gasteiger partial charge in [0.2, 0.25) is 0 Å². The first-order valence-electron chi connectivity index (χ1n) is 8.67. The van der Waals surface area contributed by atoms with Gasteiger partial charge in [0.25, 0.3) is 5.91 Å². The van der Waals surface area contributed by atoms with E-state index in [4.69, 9.17) is 11.6 Å². The molecule has 0 saturated heterocycles. The number of fused-ring (bicyclic) bond motifs is 2. The summed E-state index contributed by atoms with van der Waals surface area (Å²) in [6.07, 6.45) is 0.637. The number of carbonyl (C=O) groups excluding carboxylic acids is 1. The normalized spacial score (nSPS) is 11.4. The maximum absolute atomic E-state index is 14.1. The van der Waals surface area contributed by atoms with Crippen molar-refractivity contribution in [2.75, 3.05) is 6.54 Å². The zero-order valence-electron chi connectivity index (χ0n) is 15.0. The van der Waals surface area contributed by atoms with Gasteiger partial charge < -0.3 is 10.3 Å². The number of aromatic nitrogens is 1. The second-order valence-corrected chi connectivity index (χ2v) is 8.16. The lowest BCUT2D eigenvalue weighted by molar-refractivity contribution is 0.0958. The van der Waals surface area contributed by atoms with Crippen LogP contribution in [0.25, 0.3) is 21.0 Å². The maximum atomic E-state index is 14.1. The molecule has 0 aliphatic heterocycles. The average Bonchev–Trinajstić information content (AvgIpc) is 3.20. The number of carbonyl (C=O) groups is 1. The third-order valence-electron chi connectivity index (χ3n) is 4.80. The molecule has 0 spiro atoms. The highest BCUT2D eigenvalue weighted by Gasteiger charge is 2.15. The molecule has 0 saturated carbocycles. The Hall–Kier alpha value is -2.37. The van der Waals surface area contributed by atoms with Crippen LogP contribution >= 0.6 is 22.9 Å². The minimum atomic E-state index is -0.252. The molecule has 3 nitrogen and oxygen atoms in total. The fourth-order valence-electron chi connectivity index (χ4n) is 3.46. The lowest BCUT2D eigenvalue weighted by atomic mass is 10.0. The van der Waals surface area contributed by atoms with Crippen LogP contribution in [0.5, 0.6) is 0 Å². The van der Waals surface area contributed by atoms with E-state index < -0.39 is 0 Å². The Balaban J connectivity index is 1.51. The van der Waals surface area contributed by atoms with Gasteiger partial charge in [-0.2, -0.15) is 0 Å². The van der Waals surface area contributed by atoms with Crippen molar-refractivity contribution < 1.29 is 9.18 Å². The lowest BCUT2D eigenvalue weighted by Gasteiger charge is -2.06. The van der Waals surface area contributed by atoms with E-state index in [1.807, 2.05) is 38.1 Å². The molecular formula is C21H18ClFN2OS. The Morgan fingerprint density at radius 2 is 2.04 bits per heavy atom. The SMILES string of the molecule is Cc1[nH]c2c(F)ccc(C)c2c1CCNC(=O)c1cc2ccc(Cl)cc2s1. The highest BCUT2D eigenvalue weighted by Crippen LogP contribution is 2.29. The number of aromatic amines is 1. The van der Waals surface area contributed by atoms with Gasteiger partial charge in [-0.25, -0.2) is 4.39 Å². The molecule has 2 aromatic carbocycles. The van der Waals surface area contributed by atoms with Crippen molar-refractivity contribution in [3.05, 3.63) is 68.9 Å². The number of rotatable bonds is 4. The van der Waals surface area contributed by atoms with E-state index in [0.29, 0.717) is 28.4 Å². The molecule has 1 amide bonds. The maximum Gasteiger partial charge on any atom is 0.261 e. The first-order chi connectivity index (χ1) is 12.9. The molecule has 0 radical (unpaired) electrons. The number of hydrogen-bond donors (Lipinski definition) is 2. The third kappa shape index (κ3) is 3.33. The minimum Gasteiger partial charge on any atom is -0.356 e. The van der Waals surface area contributed by atoms with Gasteiger partial charge in [0.1, 0.15) is 5.82 Å². The zero-order valence-corrected chi connectivity index (χ0v) is 16.5. The molecule has 4 aromatic rings. The van der Waals surface area contributed by atoms with Crippen molar-refractivity contribution in [1.29, 1.82) is 0 Å². The number of H-pyrrole nitrogens is 1. The van der Waals surface area contributed by atoms with Gasteiger partial charge in [0, 0.05) is 27.3 Å². The van der Waals surface area contributed by atoms with E-state index in [1.165, 1.54) is 17.4 Å². The topological polar surface area (TPSA) is 44.9 Å². The van der Waals surface area contributed by atoms with Gasteiger partial charge in [-0.3, -0.25) is 4.79 Å². The first kappa shape index (κ1) is 18.0. The van der Waals surface area contributed by atoms with Crippen LogP contribution < -0.4 is 5.32 Å². The summed E-state index contributed by atoms with van der Waals surface area (Å²) in [6.45, 7) is 4.39. The van der Waals surface area contributed by atoms with Crippen LogP contribution in [0.15, 0.2) is 36.4 Å². The smallest absolute Gasteiger partial charge is 0.261 e. The summed E-state index contributed by atoms with van der Waals surface area (Å²) in [6, 6.07) is 10.7. The van der Waals surface area contributed by atoms with Gasteiger partial charge in [0.15, 0.2) is 0 Å². The van der Waals surface area contributed by atoms with Crippen LogP contribution in [-0.2, 0) is 6.42 Å². The number of benzene rings is 2. The number of aryl methyl sites for hydroxylation is 2. The molecule has 0 fully saturated rings. The molecular weight excluding hydrogens is 383 g/mol. The Morgan fingerprint density at radius 1 is 1.22 bits per heavy atom. The van der Waals surface area contributed by atoms with Crippen LogP contribution in [0, 0.1) is 19.7 Å². The van der Waals surface area contributed by atoms with Crippen molar-refractivity contribution in [2.24, 2.45) is 0 Å². The van der Waals surface area contributed by atoms with Gasteiger partial charge >= 0.3 is 0 Å². The second kappa shape index (κ2) is 6.98. The number of hydrogen-bond acceptors (Lipinski definition) is 2. The van der Waals surface area contributed by atoms with Crippen LogP contribution in [-0.4, -0.2) is 17.4 Å². The highest BCUT2D eigenvalue weighted by atomic mass is 35.5. The molecule has 6 heteroatoms. The van der Waals surface area contributed by atoms with Gasteiger partial charge in [0.05, 0.1) is 10.4 Å². The number of thiophene rings is 1. The van der Waals surface area contributed by atoms with Gasteiger partial charge in [-0.15, -0.1) is 11.3 Å². The molecule has 2 N–H and O–H groups in total. The molecule has 0 unspecified atom stereocenters. The Morgan fingerprint density at radius 3 is 2.85 bits per heavy atom. The molecule has 0 aliphatic carbocycles. The summed E-state index contributed by atoms with van der Waals surface area (Å²) in [4.78, 5) is 16.3. The number of amides is 1. The summed E-state index contributed by atoms with van der Waals surface area (Å²) < 4.78 is 15.0. The lowest BCUT2D eigenvalue weighted by Crippen LogP contribution is -2.25. The van der Waals surface area contributed by atoms with Crippen molar-refractivity contribution in [3.63, 3.8) is 0 Å². The number of halogens is 2. The first-order valence-corrected chi connectivity index (χ1v) is 9.87. The quantitative estimate of drug-likeness (QED) is 0.449. The average molecular weight is 401 g/mol. The molecule has 138 valence electrons. The molecule has 2 heterocycles.